The van der Waals surface area contributed by atoms with Crippen LogP contribution >= 0.6 is 0 Å². The lowest BCUT2D eigenvalue weighted by molar-refractivity contribution is 0.0696. The number of carboxylic acid groups (broad SMARTS) is 1. The van der Waals surface area contributed by atoms with Gasteiger partial charge in [-0.15, -0.1) is 0 Å². The lowest BCUT2D eigenvalue weighted by Crippen LogP contribution is -2.12. The van der Waals surface area contributed by atoms with Crippen molar-refractivity contribution in [3.63, 3.8) is 0 Å². The summed E-state index contributed by atoms with van der Waals surface area (Å²) < 4.78 is 0. The molecule has 3 aromatic rings. The number of aromatic carboxylic acids is 1. The predicted molar refractivity (Wildman–Crippen MR) is 79.7 cm³/mol. The van der Waals surface area contributed by atoms with Crippen molar-refractivity contribution < 1.29 is 14.7 Å². The standard InChI is InChI=1S/C16H12N2O3/c19-15(13-3-1-2-10-8-9-17-14(10)13)18-12-6-4-11(5-7-12)16(20)21/h1-9,17H,(H,18,19)(H,20,21). The van der Waals surface area contributed by atoms with Crippen molar-refractivity contribution in [1.82, 2.24) is 4.98 Å². The summed E-state index contributed by atoms with van der Waals surface area (Å²) >= 11 is 0. The molecule has 0 spiro atoms. The molecule has 1 heterocycles. The summed E-state index contributed by atoms with van der Waals surface area (Å²) in [6, 6.07) is 13.4. The number of hydrogen-bond acceptors (Lipinski definition) is 2. The Morgan fingerprint density at radius 2 is 1.76 bits per heavy atom. The summed E-state index contributed by atoms with van der Waals surface area (Å²) in [6.07, 6.45) is 1.78. The largest absolute Gasteiger partial charge is 0.478 e. The molecular formula is C16H12N2O3. The maximum absolute atomic E-state index is 12.3. The van der Waals surface area contributed by atoms with Gasteiger partial charge in [-0.25, -0.2) is 4.79 Å². The maximum atomic E-state index is 12.3. The van der Waals surface area contributed by atoms with Gasteiger partial charge in [-0.3, -0.25) is 4.79 Å². The molecule has 0 saturated heterocycles. The molecule has 0 atom stereocenters. The van der Waals surface area contributed by atoms with Gasteiger partial charge in [0.25, 0.3) is 5.91 Å². The molecule has 0 bridgehead atoms. The van der Waals surface area contributed by atoms with Gasteiger partial charge in [0.15, 0.2) is 0 Å². The minimum atomic E-state index is -0.996. The van der Waals surface area contributed by atoms with Crippen LogP contribution in [0.25, 0.3) is 10.9 Å². The first kappa shape index (κ1) is 12.9. The van der Waals surface area contributed by atoms with E-state index in [2.05, 4.69) is 10.3 Å². The maximum Gasteiger partial charge on any atom is 0.335 e. The van der Waals surface area contributed by atoms with E-state index in [0.29, 0.717) is 11.3 Å². The Kier molecular flexibility index (Phi) is 3.16. The number of hydrogen-bond donors (Lipinski definition) is 3. The van der Waals surface area contributed by atoms with Crippen LogP contribution in [0.5, 0.6) is 0 Å². The van der Waals surface area contributed by atoms with Gasteiger partial charge >= 0.3 is 5.97 Å². The number of nitrogens with one attached hydrogen (secondary N) is 2. The van der Waals surface area contributed by atoms with Crippen LogP contribution in [0.15, 0.2) is 54.7 Å². The van der Waals surface area contributed by atoms with Crippen LogP contribution in [-0.4, -0.2) is 22.0 Å². The molecule has 5 heteroatoms. The zero-order chi connectivity index (χ0) is 14.8. The van der Waals surface area contributed by atoms with Crippen molar-refractivity contribution in [3.8, 4) is 0 Å². The van der Waals surface area contributed by atoms with Crippen molar-refractivity contribution in [1.29, 1.82) is 0 Å². The van der Waals surface area contributed by atoms with E-state index in [1.807, 2.05) is 18.2 Å². The third-order valence-electron chi connectivity index (χ3n) is 3.22. The van der Waals surface area contributed by atoms with E-state index in [4.69, 9.17) is 5.11 Å². The van der Waals surface area contributed by atoms with Gasteiger partial charge in [-0.1, -0.05) is 12.1 Å². The smallest absolute Gasteiger partial charge is 0.335 e. The van der Waals surface area contributed by atoms with Crippen LogP contribution in [0.3, 0.4) is 0 Å². The molecule has 104 valence electrons. The Hall–Kier alpha value is -3.08. The average Bonchev–Trinajstić information content (AvgIpc) is 2.96. The molecular weight excluding hydrogens is 268 g/mol. The van der Waals surface area contributed by atoms with Crippen molar-refractivity contribution in [2.75, 3.05) is 5.32 Å². The number of carbonyl (C=O) groups is 2. The topological polar surface area (TPSA) is 82.2 Å². The molecule has 0 saturated carbocycles. The first-order valence-corrected chi connectivity index (χ1v) is 6.36. The summed E-state index contributed by atoms with van der Waals surface area (Å²) in [4.78, 5) is 26.1. The molecule has 0 radical (unpaired) electrons. The third-order valence-corrected chi connectivity index (χ3v) is 3.22. The number of amides is 1. The Morgan fingerprint density at radius 1 is 1.00 bits per heavy atom. The van der Waals surface area contributed by atoms with Gasteiger partial charge in [-0.05, 0) is 36.4 Å². The van der Waals surface area contributed by atoms with Crippen LogP contribution in [-0.2, 0) is 0 Å². The van der Waals surface area contributed by atoms with Gasteiger partial charge < -0.3 is 15.4 Å². The van der Waals surface area contributed by atoms with Crippen molar-refractivity contribution in [3.05, 3.63) is 65.9 Å². The molecule has 21 heavy (non-hydrogen) atoms. The highest BCUT2D eigenvalue weighted by Gasteiger charge is 2.11. The molecule has 0 aliphatic rings. The molecule has 0 aliphatic heterocycles. The van der Waals surface area contributed by atoms with Crippen LogP contribution in [0.2, 0.25) is 0 Å². The fraction of sp³-hybridized carbons (Fsp3) is 0. The number of carboxylic acids is 1. The highest BCUT2D eigenvalue weighted by Crippen LogP contribution is 2.18. The number of carbonyl (C=O) groups excluding carboxylic acids is 1. The number of H-pyrrole nitrogens is 1. The van der Waals surface area contributed by atoms with E-state index in [0.717, 1.165) is 10.9 Å². The van der Waals surface area contributed by atoms with Gasteiger partial charge in [0.05, 0.1) is 16.6 Å². The summed E-state index contributed by atoms with van der Waals surface area (Å²) in [5.74, 6) is -1.24. The number of rotatable bonds is 3. The van der Waals surface area contributed by atoms with E-state index in [1.165, 1.54) is 12.1 Å². The van der Waals surface area contributed by atoms with Gasteiger partial charge in [0.2, 0.25) is 0 Å². The molecule has 1 aromatic heterocycles. The normalized spacial score (nSPS) is 10.5. The predicted octanol–water partition coefficient (Wildman–Crippen LogP) is 3.12. The zero-order valence-corrected chi connectivity index (χ0v) is 11.0. The molecule has 2 aromatic carbocycles. The monoisotopic (exact) mass is 280 g/mol. The Labute approximate surface area is 120 Å². The van der Waals surface area contributed by atoms with Crippen LogP contribution in [0.1, 0.15) is 20.7 Å². The second-order valence-corrected chi connectivity index (χ2v) is 4.58. The van der Waals surface area contributed by atoms with E-state index in [1.54, 1.807) is 24.4 Å². The summed E-state index contributed by atoms with van der Waals surface area (Å²) in [6.45, 7) is 0. The second kappa shape index (κ2) is 5.13. The van der Waals surface area contributed by atoms with Gasteiger partial charge in [-0.2, -0.15) is 0 Å². The number of fused-ring (bicyclic) bond motifs is 1. The van der Waals surface area contributed by atoms with Crippen LogP contribution in [0, 0.1) is 0 Å². The number of para-hydroxylation sites is 1. The van der Waals surface area contributed by atoms with Crippen LogP contribution in [0.4, 0.5) is 5.69 Å². The van der Waals surface area contributed by atoms with E-state index >= 15 is 0 Å². The number of aromatic amines is 1. The molecule has 0 aliphatic carbocycles. The fourth-order valence-electron chi connectivity index (χ4n) is 2.17. The number of aromatic nitrogens is 1. The lowest BCUT2D eigenvalue weighted by atomic mass is 10.1. The van der Waals surface area contributed by atoms with E-state index in [9.17, 15) is 9.59 Å². The molecule has 3 N–H and O–H groups in total. The van der Waals surface area contributed by atoms with Crippen molar-refractivity contribution in [2.24, 2.45) is 0 Å². The molecule has 0 unspecified atom stereocenters. The summed E-state index contributed by atoms with van der Waals surface area (Å²) in [7, 11) is 0. The second-order valence-electron chi connectivity index (χ2n) is 4.58. The number of anilines is 1. The minimum absolute atomic E-state index is 0.180. The van der Waals surface area contributed by atoms with E-state index < -0.39 is 5.97 Å². The average molecular weight is 280 g/mol. The lowest BCUT2D eigenvalue weighted by Gasteiger charge is -2.06. The molecule has 0 fully saturated rings. The number of benzene rings is 2. The first-order valence-electron chi connectivity index (χ1n) is 6.36. The van der Waals surface area contributed by atoms with E-state index in [-0.39, 0.29) is 11.5 Å². The molecule has 3 rings (SSSR count). The minimum Gasteiger partial charge on any atom is -0.478 e. The molecule has 1 amide bonds. The quantitative estimate of drug-likeness (QED) is 0.689. The zero-order valence-electron chi connectivity index (χ0n) is 11.0. The van der Waals surface area contributed by atoms with Crippen molar-refractivity contribution in [2.45, 2.75) is 0 Å². The Morgan fingerprint density at radius 3 is 2.48 bits per heavy atom. The SMILES string of the molecule is O=C(O)c1ccc(NC(=O)c2cccc3cc[nH]c23)cc1. The van der Waals surface area contributed by atoms with Crippen LogP contribution < -0.4 is 5.32 Å². The summed E-state index contributed by atoms with van der Waals surface area (Å²) in [5.41, 5.74) is 2.05. The third kappa shape index (κ3) is 2.49. The highest BCUT2D eigenvalue weighted by atomic mass is 16.4. The van der Waals surface area contributed by atoms with Gasteiger partial charge in [0, 0.05) is 17.3 Å². The highest BCUT2D eigenvalue weighted by molar-refractivity contribution is 6.12. The first-order chi connectivity index (χ1) is 10.1. The molecule has 5 nitrogen and oxygen atoms in total. The Bertz CT molecular complexity index is 819. The fourth-order valence-corrected chi connectivity index (χ4v) is 2.17. The van der Waals surface area contributed by atoms with Gasteiger partial charge in [0.1, 0.15) is 0 Å². The summed E-state index contributed by atoms with van der Waals surface area (Å²) in [5, 5.41) is 12.6. The van der Waals surface area contributed by atoms with Crippen molar-refractivity contribution >= 4 is 28.5 Å². The Balaban J connectivity index is 1.86.